The van der Waals surface area contributed by atoms with Crippen molar-refractivity contribution in [1.29, 1.82) is 0 Å². The van der Waals surface area contributed by atoms with E-state index in [-0.39, 0.29) is 17.5 Å². The molecule has 0 amide bonds. The summed E-state index contributed by atoms with van der Waals surface area (Å²) < 4.78 is 9.97. The molecule has 1 aliphatic heterocycles. The maximum Gasteiger partial charge on any atom is 0.323 e. The van der Waals surface area contributed by atoms with Gasteiger partial charge in [-0.05, 0) is 5.41 Å². The Morgan fingerprint density at radius 3 is 2.38 bits per heavy atom. The van der Waals surface area contributed by atoms with Crippen molar-refractivity contribution in [3.05, 3.63) is 0 Å². The van der Waals surface area contributed by atoms with Crippen LogP contribution in [-0.2, 0) is 14.3 Å². The van der Waals surface area contributed by atoms with Gasteiger partial charge in [0.05, 0.1) is 13.2 Å². The maximum atomic E-state index is 11.4. The summed E-state index contributed by atoms with van der Waals surface area (Å²) in [5.74, 6) is -0.333. The quantitative estimate of drug-likeness (QED) is 0.632. The average molecular weight is 187 g/mol. The molecule has 0 unspecified atom stereocenters. The standard InChI is InChI=1S/C9H17NO3/c1-9(2,3)7(10)8(11)13-6-4-12-5-6/h6-7H,4-5,10H2,1-3H3/t7-/m1/s1. The Labute approximate surface area is 78.4 Å². The summed E-state index contributed by atoms with van der Waals surface area (Å²) in [7, 11) is 0. The highest BCUT2D eigenvalue weighted by molar-refractivity contribution is 5.76. The van der Waals surface area contributed by atoms with E-state index < -0.39 is 6.04 Å². The van der Waals surface area contributed by atoms with Gasteiger partial charge in [-0.3, -0.25) is 4.79 Å². The number of hydrogen-bond acceptors (Lipinski definition) is 4. The van der Waals surface area contributed by atoms with Crippen LogP contribution in [0.2, 0.25) is 0 Å². The average Bonchev–Trinajstić information content (AvgIpc) is 1.93. The minimum absolute atomic E-state index is 0.0825. The zero-order valence-electron chi connectivity index (χ0n) is 8.37. The largest absolute Gasteiger partial charge is 0.456 e. The van der Waals surface area contributed by atoms with Crippen molar-refractivity contribution in [1.82, 2.24) is 0 Å². The molecule has 76 valence electrons. The van der Waals surface area contributed by atoms with Crippen LogP contribution in [0.5, 0.6) is 0 Å². The monoisotopic (exact) mass is 187 g/mol. The molecule has 1 atom stereocenters. The first-order chi connectivity index (χ1) is 5.91. The lowest BCUT2D eigenvalue weighted by Crippen LogP contribution is -2.47. The third kappa shape index (κ3) is 2.67. The third-order valence-corrected chi connectivity index (χ3v) is 2.08. The van der Waals surface area contributed by atoms with Crippen molar-refractivity contribution < 1.29 is 14.3 Å². The van der Waals surface area contributed by atoms with Gasteiger partial charge in [-0.25, -0.2) is 0 Å². The molecule has 0 radical (unpaired) electrons. The Bertz CT molecular complexity index is 194. The zero-order chi connectivity index (χ0) is 10.1. The van der Waals surface area contributed by atoms with E-state index in [1.165, 1.54) is 0 Å². The number of nitrogens with two attached hydrogens (primary N) is 1. The molecule has 4 nitrogen and oxygen atoms in total. The first-order valence-corrected chi connectivity index (χ1v) is 4.45. The lowest BCUT2D eigenvalue weighted by Gasteiger charge is -2.30. The zero-order valence-corrected chi connectivity index (χ0v) is 8.37. The Morgan fingerprint density at radius 1 is 1.54 bits per heavy atom. The van der Waals surface area contributed by atoms with Gasteiger partial charge in [0.25, 0.3) is 0 Å². The fraction of sp³-hybridized carbons (Fsp3) is 0.889. The summed E-state index contributed by atoms with van der Waals surface area (Å²) in [5.41, 5.74) is 5.46. The van der Waals surface area contributed by atoms with E-state index in [4.69, 9.17) is 15.2 Å². The number of ether oxygens (including phenoxy) is 2. The Hall–Kier alpha value is -0.610. The van der Waals surface area contributed by atoms with Crippen LogP contribution in [0.25, 0.3) is 0 Å². The normalized spacial score (nSPS) is 20.6. The smallest absolute Gasteiger partial charge is 0.323 e. The first-order valence-electron chi connectivity index (χ1n) is 4.45. The highest BCUT2D eigenvalue weighted by atomic mass is 16.6. The Morgan fingerprint density at radius 2 is 2.08 bits per heavy atom. The van der Waals surface area contributed by atoms with E-state index >= 15 is 0 Å². The van der Waals surface area contributed by atoms with Crippen molar-refractivity contribution in [3.8, 4) is 0 Å². The summed E-state index contributed by atoms with van der Waals surface area (Å²) >= 11 is 0. The van der Waals surface area contributed by atoms with Gasteiger partial charge < -0.3 is 15.2 Å². The predicted molar refractivity (Wildman–Crippen MR) is 48.1 cm³/mol. The molecule has 4 heteroatoms. The molecule has 0 aliphatic carbocycles. The fourth-order valence-electron chi connectivity index (χ4n) is 0.873. The van der Waals surface area contributed by atoms with Crippen LogP contribution in [0.1, 0.15) is 20.8 Å². The summed E-state index contributed by atoms with van der Waals surface area (Å²) in [6.07, 6.45) is -0.0825. The van der Waals surface area contributed by atoms with Gasteiger partial charge in [-0.2, -0.15) is 0 Å². The molecule has 0 saturated carbocycles. The van der Waals surface area contributed by atoms with Crippen molar-refractivity contribution >= 4 is 5.97 Å². The summed E-state index contributed by atoms with van der Waals surface area (Å²) in [4.78, 5) is 11.4. The Kier molecular flexibility index (Phi) is 2.93. The topological polar surface area (TPSA) is 61.6 Å². The molecule has 0 aromatic rings. The highest BCUT2D eigenvalue weighted by Crippen LogP contribution is 2.19. The van der Waals surface area contributed by atoms with E-state index in [0.29, 0.717) is 13.2 Å². The van der Waals surface area contributed by atoms with E-state index in [1.54, 1.807) is 0 Å². The van der Waals surface area contributed by atoms with Crippen molar-refractivity contribution in [2.45, 2.75) is 32.9 Å². The van der Waals surface area contributed by atoms with E-state index in [9.17, 15) is 4.79 Å². The molecule has 0 aromatic heterocycles. The van der Waals surface area contributed by atoms with E-state index in [2.05, 4.69) is 0 Å². The molecule has 2 N–H and O–H groups in total. The maximum absolute atomic E-state index is 11.4. The van der Waals surface area contributed by atoms with Crippen LogP contribution in [0, 0.1) is 5.41 Å². The fourth-order valence-corrected chi connectivity index (χ4v) is 0.873. The molecule has 0 aromatic carbocycles. The van der Waals surface area contributed by atoms with Crippen molar-refractivity contribution in [2.24, 2.45) is 11.1 Å². The van der Waals surface area contributed by atoms with E-state index in [0.717, 1.165) is 0 Å². The first kappa shape index (κ1) is 10.5. The second-order valence-corrected chi connectivity index (χ2v) is 4.44. The van der Waals surface area contributed by atoms with Gasteiger partial charge in [0.15, 0.2) is 0 Å². The van der Waals surface area contributed by atoms with Crippen LogP contribution in [-0.4, -0.2) is 31.3 Å². The van der Waals surface area contributed by atoms with E-state index in [1.807, 2.05) is 20.8 Å². The molecule has 0 spiro atoms. The molecular weight excluding hydrogens is 170 g/mol. The SMILES string of the molecule is CC(C)(C)[C@H](N)C(=O)OC1COC1. The summed E-state index contributed by atoms with van der Waals surface area (Å²) in [6.45, 7) is 6.74. The summed E-state index contributed by atoms with van der Waals surface area (Å²) in [5, 5.41) is 0. The van der Waals surface area contributed by atoms with Gasteiger partial charge in [-0.15, -0.1) is 0 Å². The number of rotatable bonds is 2. The van der Waals surface area contributed by atoms with Crippen LogP contribution < -0.4 is 5.73 Å². The molecule has 13 heavy (non-hydrogen) atoms. The minimum atomic E-state index is -0.562. The van der Waals surface area contributed by atoms with Gasteiger partial charge in [0, 0.05) is 0 Å². The number of esters is 1. The molecular formula is C9H17NO3. The Balaban J connectivity index is 2.37. The lowest BCUT2D eigenvalue weighted by atomic mass is 9.87. The van der Waals surface area contributed by atoms with Gasteiger partial charge in [0.2, 0.25) is 0 Å². The molecule has 1 saturated heterocycles. The van der Waals surface area contributed by atoms with Gasteiger partial charge >= 0.3 is 5.97 Å². The number of carbonyl (C=O) groups excluding carboxylic acids is 1. The van der Waals surface area contributed by atoms with Crippen LogP contribution in [0.15, 0.2) is 0 Å². The minimum Gasteiger partial charge on any atom is -0.456 e. The highest BCUT2D eigenvalue weighted by Gasteiger charge is 2.32. The predicted octanol–water partition coefficient (Wildman–Crippen LogP) is 0.302. The van der Waals surface area contributed by atoms with Crippen molar-refractivity contribution in [3.63, 3.8) is 0 Å². The molecule has 1 heterocycles. The van der Waals surface area contributed by atoms with Crippen LogP contribution in [0.3, 0.4) is 0 Å². The third-order valence-electron chi connectivity index (χ3n) is 2.08. The second kappa shape index (κ2) is 3.64. The number of hydrogen-bond donors (Lipinski definition) is 1. The van der Waals surface area contributed by atoms with Crippen LogP contribution in [0.4, 0.5) is 0 Å². The van der Waals surface area contributed by atoms with Crippen molar-refractivity contribution in [2.75, 3.05) is 13.2 Å². The van der Waals surface area contributed by atoms with Gasteiger partial charge in [-0.1, -0.05) is 20.8 Å². The second-order valence-electron chi connectivity index (χ2n) is 4.44. The summed E-state index contributed by atoms with van der Waals surface area (Å²) in [6, 6.07) is -0.562. The lowest BCUT2D eigenvalue weighted by molar-refractivity contribution is -0.175. The molecule has 1 aliphatic rings. The van der Waals surface area contributed by atoms with Gasteiger partial charge in [0.1, 0.15) is 12.1 Å². The molecule has 1 rings (SSSR count). The number of carbonyl (C=O) groups is 1. The van der Waals surface area contributed by atoms with Crippen LogP contribution >= 0.6 is 0 Å². The molecule has 1 fully saturated rings. The molecule has 0 bridgehead atoms.